The predicted molar refractivity (Wildman–Crippen MR) is 88.2 cm³/mol. The number of benzene rings is 2. The molecule has 2 aromatic rings. The zero-order valence-corrected chi connectivity index (χ0v) is 13.4. The van der Waals surface area contributed by atoms with Gasteiger partial charge < -0.3 is 14.7 Å². The number of rotatable bonds is 6. The minimum absolute atomic E-state index is 0.119. The van der Waals surface area contributed by atoms with Gasteiger partial charge in [0, 0.05) is 5.56 Å². The molecule has 5 nitrogen and oxygen atoms in total. The van der Waals surface area contributed by atoms with Gasteiger partial charge in [-0.1, -0.05) is 23.4 Å². The first-order chi connectivity index (χ1) is 11.0. The zero-order chi connectivity index (χ0) is 16.8. The van der Waals surface area contributed by atoms with Crippen molar-refractivity contribution in [2.24, 2.45) is 5.16 Å². The minimum Gasteiger partial charge on any atom is -0.476 e. The molecule has 0 aromatic heterocycles. The number of hydrogen-bond donors (Lipinski definition) is 1. The van der Waals surface area contributed by atoms with E-state index in [4.69, 9.17) is 9.57 Å². The van der Waals surface area contributed by atoms with Gasteiger partial charge in [0.15, 0.2) is 5.71 Å². The fourth-order valence-electron chi connectivity index (χ4n) is 2.10. The van der Waals surface area contributed by atoms with Crippen molar-refractivity contribution in [3.8, 4) is 11.5 Å². The van der Waals surface area contributed by atoms with Gasteiger partial charge in [0.25, 0.3) is 0 Å². The number of aryl methyl sites for hydroxylation is 2. The summed E-state index contributed by atoms with van der Waals surface area (Å²) in [5, 5.41) is 13.0. The molecule has 0 fully saturated rings. The summed E-state index contributed by atoms with van der Waals surface area (Å²) in [5.41, 5.74) is 2.16. The summed E-state index contributed by atoms with van der Waals surface area (Å²) in [6.07, 6.45) is 0. The lowest BCUT2D eigenvalue weighted by molar-refractivity contribution is -0.129. The molecular formula is C18H19NO4. The number of nitrogens with zero attached hydrogens (tertiary/aromatic N) is 1. The monoisotopic (exact) mass is 313 g/mol. The van der Waals surface area contributed by atoms with E-state index in [-0.39, 0.29) is 5.71 Å². The van der Waals surface area contributed by atoms with Crippen LogP contribution in [0, 0.1) is 13.8 Å². The maximum absolute atomic E-state index is 11.3. The van der Waals surface area contributed by atoms with Crippen molar-refractivity contribution < 1.29 is 19.5 Å². The number of para-hydroxylation sites is 1. The molecule has 0 radical (unpaired) electrons. The van der Waals surface area contributed by atoms with Crippen molar-refractivity contribution in [1.29, 1.82) is 0 Å². The van der Waals surface area contributed by atoms with E-state index in [0.717, 1.165) is 16.9 Å². The molecule has 0 saturated carbocycles. The summed E-state index contributed by atoms with van der Waals surface area (Å²) in [4.78, 5) is 16.2. The van der Waals surface area contributed by atoms with Gasteiger partial charge in [-0.25, -0.2) is 4.79 Å². The van der Waals surface area contributed by atoms with Crippen molar-refractivity contribution in [2.45, 2.75) is 20.8 Å². The van der Waals surface area contributed by atoms with Gasteiger partial charge in [0.05, 0.1) is 0 Å². The van der Waals surface area contributed by atoms with Gasteiger partial charge in [-0.15, -0.1) is 0 Å². The van der Waals surface area contributed by atoms with Crippen LogP contribution in [0.4, 0.5) is 0 Å². The Morgan fingerprint density at radius 1 is 1.13 bits per heavy atom. The average molecular weight is 313 g/mol. The second kappa shape index (κ2) is 7.45. The fourth-order valence-corrected chi connectivity index (χ4v) is 2.10. The van der Waals surface area contributed by atoms with E-state index < -0.39 is 5.97 Å². The first-order valence-electron chi connectivity index (χ1n) is 7.30. The van der Waals surface area contributed by atoms with Crippen molar-refractivity contribution in [3.05, 3.63) is 59.2 Å². The Labute approximate surface area is 135 Å². The van der Waals surface area contributed by atoms with Crippen molar-refractivity contribution in [1.82, 2.24) is 0 Å². The number of aliphatic carboxylic acids is 1. The van der Waals surface area contributed by atoms with Crippen molar-refractivity contribution >= 4 is 11.7 Å². The van der Waals surface area contributed by atoms with Gasteiger partial charge in [-0.05, 0) is 56.2 Å². The van der Waals surface area contributed by atoms with Crippen LogP contribution in [-0.2, 0) is 9.63 Å². The van der Waals surface area contributed by atoms with Crippen molar-refractivity contribution in [3.63, 3.8) is 0 Å². The molecule has 0 saturated heterocycles. The van der Waals surface area contributed by atoms with Crippen LogP contribution in [0.3, 0.4) is 0 Å². The van der Waals surface area contributed by atoms with Gasteiger partial charge >= 0.3 is 5.97 Å². The van der Waals surface area contributed by atoms with Gasteiger partial charge in [0.2, 0.25) is 0 Å². The molecule has 0 heterocycles. The molecule has 0 spiro atoms. The standard InChI is InChI=1S/C18H19NO4/c1-4-22-19-17(18(20)21)15-10-9-14(11-13(15)3)23-16-8-6-5-7-12(16)2/h5-11H,4H2,1-3H3,(H,20,21)/b19-17+. The lowest BCUT2D eigenvalue weighted by atomic mass is 10.0. The van der Waals surface area contributed by atoms with E-state index >= 15 is 0 Å². The topological polar surface area (TPSA) is 68.1 Å². The van der Waals surface area contributed by atoms with E-state index in [2.05, 4.69) is 5.16 Å². The molecule has 23 heavy (non-hydrogen) atoms. The number of carboxylic acids is 1. The Morgan fingerprint density at radius 3 is 2.48 bits per heavy atom. The zero-order valence-electron chi connectivity index (χ0n) is 13.4. The highest BCUT2D eigenvalue weighted by atomic mass is 16.6. The summed E-state index contributed by atoms with van der Waals surface area (Å²) >= 11 is 0. The van der Waals surface area contributed by atoms with Crippen LogP contribution in [0.1, 0.15) is 23.6 Å². The maximum Gasteiger partial charge on any atom is 0.358 e. The molecule has 5 heteroatoms. The third kappa shape index (κ3) is 4.10. The number of carboxylic acid groups (broad SMARTS) is 1. The molecule has 0 aliphatic carbocycles. The van der Waals surface area contributed by atoms with Crippen LogP contribution in [0.25, 0.3) is 0 Å². The first-order valence-corrected chi connectivity index (χ1v) is 7.30. The van der Waals surface area contributed by atoms with Crippen LogP contribution in [0.15, 0.2) is 47.6 Å². The number of carbonyl (C=O) groups is 1. The summed E-state index contributed by atoms with van der Waals surface area (Å²) in [5.74, 6) is 0.275. The molecule has 1 N–H and O–H groups in total. The Bertz CT molecular complexity index is 738. The molecule has 2 aromatic carbocycles. The van der Waals surface area contributed by atoms with Crippen LogP contribution in [0.2, 0.25) is 0 Å². The van der Waals surface area contributed by atoms with Crippen LogP contribution >= 0.6 is 0 Å². The summed E-state index contributed by atoms with van der Waals surface area (Å²) in [6, 6.07) is 12.9. The molecule has 0 unspecified atom stereocenters. The lowest BCUT2D eigenvalue weighted by Gasteiger charge is -2.11. The van der Waals surface area contributed by atoms with Crippen molar-refractivity contribution in [2.75, 3.05) is 6.61 Å². The first kappa shape index (κ1) is 16.5. The molecule has 0 aliphatic rings. The SMILES string of the molecule is CCO/N=C(/C(=O)O)c1ccc(Oc2ccccc2C)cc1C. The Morgan fingerprint density at radius 2 is 1.87 bits per heavy atom. The molecule has 120 valence electrons. The summed E-state index contributed by atoms with van der Waals surface area (Å²) in [6.45, 7) is 5.83. The second-order valence-corrected chi connectivity index (χ2v) is 5.01. The Balaban J connectivity index is 2.30. The van der Waals surface area contributed by atoms with Gasteiger partial charge in [-0.2, -0.15) is 0 Å². The van der Waals surface area contributed by atoms with Crippen LogP contribution < -0.4 is 4.74 Å². The number of oxime groups is 1. The van der Waals surface area contributed by atoms with E-state index in [0.29, 0.717) is 17.9 Å². The summed E-state index contributed by atoms with van der Waals surface area (Å²) in [7, 11) is 0. The molecular weight excluding hydrogens is 294 g/mol. The average Bonchev–Trinajstić information content (AvgIpc) is 2.51. The molecule has 0 amide bonds. The quantitative estimate of drug-likeness (QED) is 0.648. The number of hydrogen-bond acceptors (Lipinski definition) is 4. The van der Waals surface area contributed by atoms with Crippen LogP contribution in [0.5, 0.6) is 11.5 Å². The van der Waals surface area contributed by atoms with Crippen LogP contribution in [-0.4, -0.2) is 23.4 Å². The Kier molecular flexibility index (Phi) is 5.36. The minimum atomic E-state index is -1.13. The predicted octanol–water partition coefficient (Wildman–Crippen LogP) is 3.92. The smallest absolute Gasteiger partial charge is 0.358 e. The lowest BCUT2D eigenvalue weighted by Crippen LogP contribution is -2.16. The Hall–Kier alpha value is -2.82. The van der Waals surface area contributed by atoms with E-state index in [1.807, 2.05) is 38.1 Å². The molecule has 2 rings (SSSR count). The third-order valence-electron chi connectivity index (χ3n) is 3.26. The largest absolute Gasteiger partial charge is 0.476 e. The highest BCUT2D eigenvalue weighted by Gasteiger charge is 2.16. The normalized spacial score (nSPS) is 11.2. The highest BCUT2D eigenvalue weighted by Crippen LogP contribution is 2.26. The molecule has 0 aliphatic heterocycles. The fraction of sp³-hybridized carbons (Fsp3) is 0.222. The maximum atomic E-state index is 11.3. The number of ether oxygens (including phenoxy) is 1. The molecule has 0 bridgehead atoms. The van der Waals surface area contributed by atoms with Gasteiger partial charge in [0.1, 0.15) is 18.1 Å². The van der Waals surface area contributed by atoms with E-state index in [9.17, 15) is 9.90 Å². The molecule has 0 atom stereocenters. The van der Waals surface area contributed by atoms with Gasteiger partial charge in [-0.3, -0.25) is 0 Å². The van der Waals surface area contributed by atoms with E-state index in [1.54, 1.807) is 25.1 Å². The highest BCUT2D eigenvalue weighted by molar-refractivity contribution is 6.42. The van der Waals surface area contributed by atoms with E-state index in [1.165, 1.54) is 0 Å². The second-order valence-electron chi connectivity index (χ2n) is 5.01. The third-order valence-corrected chi connectivity index (χ3v) is 3.26. The summed E-state index contributed by atoms with van der Waals surface area (Å²) < 4.78 is 5.85.